The van der Waals surface area contributed by atoms with Crippen LogP contribution < -0.4 is 5.32 Å². The molecule has 0 radical (unpaired) electrons. The molecule has 0 saturated carbocycles. The van der Waals surface area contributed by atoms with Gasteiger partial charge < -0.3 is 10.2 Å². The van der Waals surface area contributed by atoms with Crippen LogP contribution in [0.4, 0.5) is 4.79 Å². The maximum Gasteiger partial charge on any atom is 0.317 e. The quantitative estimate of drug-likeness (QED) is 0.620. The average Bonchev–Trinajstić information content (AvgIpc) is 2.36. The van der Waals surface area contributed by atoms with Crippen LogP contribution in [0.5, 0.6) is 0 Å². The topological polar surface area (TPSA) is 56.1 Å². The van der Waals surface area contributed by atoms with E-state index >= 15 is 0 Å². The van der Waals surface area contributed by atoms with Gasteiger partial charge in [-0.05, 0) is 6.92 Å². The lowest BCUT2D eigenvalue weighted by molar-refractivity contribution is 0.203. The monoisotopic (exact) mass is 153 g/mol. The number of nitrogens with zero attached hydrogens (tertiary/aromatic N) is 2. The molecule has 1 fully saturated rings. The Morgan fingerprint density at radius 1 is 1.91 bits per heavy atom. The lowest BCUT2D eigenvalue weighted by Gasteiger charge is -2.19. The van der Waals surface area contributed by atoms with Crippen molar-refractivity contribution in [2.24, 2.45) is 0 Å². The molecule has 1 atom stereocenters. The zero-order chi connectivity index (χ0) is 8.27. The number of urea groups is 1. The summed E-state index contributed by atoms with van der Waals surface area (Å²) in [6, 6.07) is 2.04. The molecular weight excluding hydrogens is 142 g/mol. The van der Waals surface area contributed by atoms with E-state index in [1.54, 1.807) is 4.90 Å². The number of amides is 2. The first-order valence-electron chi connectivity index (χ1n) is 3.67. The van der Waals surface area contributed by atoms with Gasteiger partial charge in [-0.3, -0.25) is 0 Å². The molecule has 2 amide bonds. The van der Waals surface area contributed by atoms with Crippen LogP contribution in [0.3, 0.4) is 0 Å². The van der Waals surface area contributed by atoms with Crippen LogP contribution in [0.15, 0.2) is 0 Å². The van der Waals surface area contributed by atoms with E-state index in [0.717, 1.165) is 6.54 Å². The van der Waals surface area contributed by atoms with Gasteiger partial charge in [0.1, 0.15) is 0 Å². The number of carbonyl (C=O) groups is 1. The molecule has 60 valence electrons. The lowest BCUT2D eigenvalue weighted by Crippen LogP contribution is -2.35. The second-order valence-corrected chi connectivity index (χ2v) is 2.64. The number of hydrogen-bond acceptors (Lipinski definition) is 2. The van der Waals surface area contributed by atoms with Crippen LogP contribution in [0.25, 0.3) is 0 Å². The standard InChI is InChI=1S/C7H11N3O/c1-6(2-3-8)10-5-4-9-7(10)11/h6H,2,4-5H2,1H3,(H,9,11). The van der Waals surface area contributed by atoms with Gasteiger partial charge >= 0.3 is 6.03 Å². The van der Waals surface area contributed by atoms with Gasteiger partial charge in [0.05, 0.1) is 12.5 Å². The maximum atomic E-state index is 11.0. The van der Waals surface area contributed by atoms with Gasteiger partial charge in [-0.15, -0.1) is 0 Å². The van der Waals surface area contributed by atoms with Crippen LogP contribution in [0.1, 0.15) is 13.3 Å². The van der Waals surface area contributed by atoms with Crippen LogP contribution in [0.2, 0.25) is 0 Å². The Morgan fingerprint density at radius 2 is 2.64 bits per heavy atom. The van der Waals surface area contributed by atoms with E-state index in [-0.39, 0.29) is 12.1 Å². The summed E-state index contributed by atoms with van der Waals surface area (Å²) >= 11 is 0. The number of rotatable bonds is 2. The highest BCUT2D eigenvalue weighted by atomic mass is 16.2. The Kier molecular flexibility index (Phi) is 2.32. The first-order valence-corrected chi connectivity index (χ1v) is 3.67. The summed E-state index contributed by atoms with van der Waals surface area (Å²) in [4.78, 5) is 12.7. The molecule has 4 nitrogen and oxygen atoms in total. The fraction of sp³-hybridized carbons (Fsp3) is 0.714. The normalized spacial score (nSPS) is 19.3. The minimum Gasteiger partial charge on any atom is -0.336 e. The zero-order valence-corrected chi connectivity index (χ0v) is 6.50. The van der Waals surface area contributed by atoms with E-state index in [1.165, 1.54) is 0 Å². The van der Waals surface area contributed by atoms with Gasteiger partial charge in [0.15, 0.2) is 0 Å². The van der Waals surface area contributed by atoms with E-state index in [4.69, 9.17) is 5.26 Å². The van der Waals surface area contributed by atoms with E-state index < -0.39 is 0 Å². The van der Waals surface area contributed by atoms with Crippen molar-refractivity contribution in [2.75, 3.05) is 13.1 Å². The lowest BCUT2D eigenvalue weighted by atomic mass is 10.2. The molecule has 0 aromatic rings. The molecule has 0 aromatic carbocycles. The summed E-state index contributed by atoms with van der Waals surface area (Å²) in [5, 5.41) is 11.1. The van der Waals surface area contributed by atoms with Gasteiger partial charge in [0, 0.05) is 19.1 Å². The molecule has 1 unspecified atom stereocenters. The molecule has 0 spiro atoms. The summed E-state index contributed by atoms with van der Waals surface area (Å²) in [6.45, 7) is 3.31. The third kappa shape index (κ3) is 1.61. The largest absolute Gasteiger partial charge is 0.336 e. The van der Waals surface area contributed by atoms with Gasteiger partial charge in [0.25, 0.3) is 0 Å². The molecule has 1 saturated heterocycles. The molecule has 1 N–H and O–H groups in total. The van der Waals surface area contributed by atoms with Gasteiger partial charge in [0.2, 0.25) is 0 Å². The Morgan fingerprint density at radius 3 is 3.09 bits per heavy atom. The van der Waals surface area contributed by atoms with E-state index in [2.05, 4.69) is 5.32 Å². The van der Waals surface area contributed by atoms with Crippen molar-refractivity contribution in [3.8, 4) is 6.07 Å². The number of carbonyl (C=O) groups excluding carboxylic acids is 1. The highest BCUT2D eigenvalue weighted by molar-refractivity contribution is 5.76. The Bertz CT molecular complexity index is 196. The molecule has 1 rings (SSSR count). The van der Waals surface area contributed by atoms with Crippen molar-refractivity contribution in [1.82, 2.24) is 10.2 Å². The van der Waals surface area contributed by atoms with Crippen molar-refractivity contribution in [3.63, 3.8) is 0 Å². The average molecular weight is 153 g/mol. The SMILES string of the molecule is CC(CC#N)N1CCNC1=O. The van der Waals surface area contributed by atoms with Crippen molar-refractivity contribution in [2.45, 2.75) is 19.4 Å². The first kappa shape index (κ1) is 7.86. The third-order valence-corrected chi connectivity index (χ3v) is 1.81. The van der Waals surface area contributed by atoms with E-state index in [1.807, 2.05) is 13.0 Å². The number of nitrogens with one attached hydrogen (secondary N) is 1. The van der Waals surface area contributed by atoms with E-state index in [9.17, 15) is 4.79 Å². The summed E-state index contributed by atoms with van der Waals surface area (Å²) in [7, 11) is 0. The molecule has 4 heteroatoms. The van der Waals surface area contributed by atoms with Crippen LogP contribution in [-0.2, 0) is 0 Å². The van der Waals surface area contributed by atoms with Crippen molar-refractivity contribution >= 4 is 6.03 Å². The Labute approximate surface area is 65.8 Å². The second kappa shape index (κ2) is 3.24. The van der Waals surface area contributed by atoms with Gasteiger partial charge in [-0.2, -0.15) is 5.26 Å². The first-order chi connectivity index (χ1) is 5.25. The van der Waals surface area contributed by atoms with Crippen LogP contribution in [-0.4, -0.2) is 30.1 Å². The molecular formula is C7H11N3O. The molecule has 11 heavy (non-hydrogen) atoms. The molecule has 0 aliphatic carbocycles. The van der Waals surface area contributed by atoms with Crippen molar-refractivity contribution < 1.29 is 4.79 Å². The van der Waals surface area contributed by atoms with Crippen molar-refractivity contribution in [1.29, 1.82) is 5.26 Å². The minimum atomic E-state index is -0.0484. The highest BCUT2D eigenvalue weighted by Gasteiger charge is 2.23. The van der Waals surface area contributed by atoms with E-state index in [0.29, 0.717) is 13.0 Å². The number of hydrogen-bond donors (Lipinski definition) is 1. The smallest absolute Gasteiger partial charge is 0.317 e. The van der Waals surface area contributed by atoms with Gasteiger partial charge in [-0.25, -0.2) is 4.79 Å². The molecule has 0 bridgehead atoms. The summed E-state index contributed by atoms with van der Waals surface area (Å²) < 4.78 is 0. The Hall–Kier alpha value is -1.24. The van der Waals surface area contributed by atoms with Crippen LogP contribution >= 0.6 is 0 Å². The molecule has 1 aliphatic heterocycles. The molecule has 1 heterocycles. The maximum absolute atomic E-state index is 11.0. The minimum absolute atomic E-state index is 0.0440. The molecule has 0 aromatic heterocycles. The Balaban J connectivity index is 2.47. The highest BCUT2D eigenvalue weighted by Crippen LogP contribution is 2.06. The third-order valence-electron chi connectivity index (χ3n) is 1.81. The second-order valence-electron chi connectivity index (χ2n) is 2.64. The number of nitriles is 1. The fourth-order valence-electron chi connectivity index (χ4n) is 1.15. The predicted octanol–water partition coefficient (Wildman–Crippen LogP) is 0.314. The summed E-state index contributed by atoms with van der Waals surface area (Å²) in [6.07, 6.45) is 0.410. The van der Waals surface area contributed by atoms with Crippen molar-refractivity contribution in [3.05, 3.63) is 0 Å². The van der Waals surface area contributed by atoms with Gasteiger partial charge in [-0.1, -0.05) is 0 Å². The summed E-state index contributed by atoms with van der Waals surface area (Å²) in [5.74, 6) is 0. The predicted molar refractivity (Wildman–Crippen MR) is 39.8 cm³/mol. The fourth-order valence-corrected chi connectivity index (χ4v) is 1.15. The van der Waals surface area contributed by atoms with Crippen LogP contribution in [0, 0.1) is 11.3 Å². The zero-order valence-electron chi connectivity index (χ0n) is 6.50. The molecule has 1 aliphatic rings. The summed E-state index contributed by atoms with van der Waals surface area (Å²) in [5.41, 5.74) is 0.